The van der Waals surface area contributed by atoms with Crippen LogP contribution in [0.4, 0.5) is 5.69 Å². The summed E-state index contributed by atoms with van der Waals surface area (Å²) in [6.45, 7) is -0.202. The van der Waals surface area contributed by atoms with Crippen molar-refractivity contribution in [3.05, 3.63) is 53.3 Å². The van der Waals surface area contributed by atoms with Gasteiger partial charge < -0.3 is 10.1 Å². The highest BCUT2D eigenvalue weighted by molar-refractivity contribution is 7.92. The van der Waals surface area contributed by atoms with E-state index in [0.29, 0.717) is 16.5 Å². The van der Waals surface area contributed by atoms with E-state index in [0.717, 1.165) is 10.6 Å². The zero-order valence-electron chi connectivity index (χ0n) is 13.8. The van der Waals surface area contributed by atoms with Crippen LogP contribution in [0.1, 0.15) is 5.69 Å². The summed E-state index contributed by atoms with van der Waals surface area (Å²) in [5, 5.41) is 2.97. The SMILES string of the molecule is COc1ccc(Cl)cc1N(CC(=O)NCc1ccccn1)S(C)(=O)=O. The summed E-state index contributed by atoms with van der Waals surface area (Å²) >= 11 is 5.96. The molecule has 2 rings (SSSR count). The molecule has 0 bridgehead atoms. The number of sulfonamides is 1. The molecular formula is C16H18ClN3O4S. The summed E-state index contributed by atoms with van der Waals surface area (Å²) in [5.74, 6) is -0.176. The van der Waals surface area contributed by atoms with Gasteiger partial charge in [-0.05, 0) is 30.3 Å². The van der Waals surface area contributed by atoms with Gasteiger partial charge in [0.15, 0.2) is 0 Å². The highest BCUT2D eigenvalue weighted by Gasteiger charge is 2.24. The van der Waals surface area contributed by atoms with E-state index < -0.39 is 22.5 Å². The molecule has 0 aliphatic carbocycles. The van der Waals surface area contributed by atoms with E-state index in [1.165, 1.54) is 13.2 Å². The summed E-state index contributed by atoms with van der Waals surface area (Å²) in [5.41, 5.74) is 0.868. The monoisotopic (exact) mass is 383 g/mol. The fourth-order valence-electron chi connectivity index (χ4n) is 2.12. The normalized spacial score (nSPS) is 11.0. The minimum Gasteiger partial charge on any atom is -0.495 e. The molecule has 0 atom stereocenters. The lowest BCUT2D eigenvalue weighted by atomic mass is 10.3. The summed E-state index contributed by atoms with van der Waals surface area (Å²) in [7, 11) is -2.32. The van der Waals surface area contributed by atoms with Crippen molar-refractivity contribution in [2.24, 2.45) is 0 Å². The summed E-state index contributed by atoms with van der Waals surface area (Å²) < 4.78 is 30.4. The molecular weight excluding hydrogens is 366 g/mol. The molecule has 1 heterocycles. The predicted molar refractivity (Wildman–Crippen MR) is 96.3 cm³/mol. The number of methoxy groups -OCH3 is 1. The van der Waals surface area contributed by atoms with Gasteiger partial charge >= 0.3 is 0 Å². The van der Waals surface area contributed by atoms with Crippen molar-refractivity contribution in [3.8, 4) is 5.75 Å². The molecule has 1 aromatic carbocycles. The molecule has 1 aromatic heterocycles. The number of benzene rings is 1. The molecule has 2 aromatic rings. The van der Waals surface area contributed by atoms with Gasteiger partial charge in [-0.2, -0.15) is 0 Å². The molecule has 134 valence electrons. The van der Waals surface area contributed by atoms with Crippen LogP contribution >= 0.6 is 11.6 Å². The highest BCUT2D eigenvalue weighted by atomic mass is 35.5. The Morgan fingerprint density at radius 2 is 2.08 bits per heavy atom. The minimum absolute atomic E-state index is 0.198. The number of nitrogens with one attached hydrogen (secondary N) is 1. The van der Waals surface area contributed by atoms with Crippen molar-refractivity contribution in [2.45, 2.75) is 6.54 Å². The molecule has 0 spiro atoms. The molecule has 25 heavy (non-hydrogen) atoms. The predicted octanol–water partition coefficient (Wildman–Crippen LogP) is 1.83. The van der Waals surface area contributed by atoms with E-state index in [1.54, 1.807) is 36.5 Å². The molecule has 0 aliphatic rings. The van der Waals surface area contributed by atoms with Crippen LogP contribution in [-0.4, -0.2) is 39.2 Å². The van der Waals surface area contributed by atoms with Crippen molar-refractivity contribution in [1.82, 2.24) is 10.3 Å². The molecule has 7 nitrogen and oxygen atoms in total. The van der Waals surface area contributed by atoms with E-state index in [9.17, 15) is 13.2 Å². The molecule has 0 unspecified atom stereocenters. The lowest BCUT2D eigenvalue weighted by Gasteiger charge is -2.24. The van der Waals surface area contributed by atoms with Gasteiger partial charge in [-0.3, -0.25) is 14.1 Å². The maximum Gasteiger partial charge on any atom is 0.241 e. The van der Waals surface area contributed by atoms with Gasteiger partial charge in [0.25, 0.3) is 0 Å². The third kappa shape index (κ3) is 5.33. The molecule has 0 radical (unpaired) electrons. The van der Waals surface area contributed by atoms with Gasteiger partial charge in [0.05, 0.1) is 31.3 Å². The number of halogens is 1. The fraction of sp³-hybridized carbons (Fsp3) is 0.250. The van der Waals surface area contributed by atoms with Crippen LogP contribution in [0, 0.1) is 0 Å². The third-order valence-corrected chi connectivity index (χ3v) is 4.65. The van der Waals surface area contributed by atoms with Crippen LogP contribution in [0.2, 0.25) is 5.02 Å². The van der Waals surface area contributed by atoms with Crippen LogP contribution in [0.5, 0.6) is 5.75 Å². The Hall–Kier alpha value is -2.32. The number of aromatic nitrogens is 1. The van der Waals surface area contributed by atoms with Gasteiger partial charge in [-0.15, -0.1) is 0 Å². The number of rotatable bonds is 7. The Labute approximate surface area is 151 Å². The molecule has 0 saturated carbocycles. The molecule has 1 N–H and O–H groups in total. The Morgan fingerprint density at radius 3 is 2.68 bits per heavy atom. The maximum atomic E-state index is 12.2. The smallest absolute Gasteiger partial charge is 0.241 e. The second-order valence-electron chi connectivity index (χ2n) is 5.18. The fourth-order valence-corrected chi connectivity index (χ4v) is 3.14. The number of hydrogen-bond acceptors (Lipinski definition) is 5. The van der Waals surface area contributed by atoms with Crippen molar-refractivity contribution in [2.75, 3.05) is 24.2 Å². The van der Waals surface area contributed by atoms with Crippen molar-refractivity contribution in [1.29, 1.82) is 0 Å². The van der Waals surface area contributed by atoms with Crippen molar-refractivity contribution < 1.29 is 17.9 Å². The van der Waals surface area contributed by atoms with E-state index in [4.69, 9.17) is 16.3 Å². The van der Waals surface area contributed by atoms with Gasteiger partial charge in [0, 0.05) is 11.2 Å². The Bertz CT molecular complexity index is 844. The topological polar surface area (TPSA) is 88.6 Å². The highest BCUT2D eigenvalue weighted by Crippen LogP contribution is 2.32. The third-order valence-electron chi connectivity index (χ3n) is 3.29. The van der Waals surface area contributed by atoms with Gasteiger partial charge in [-0.25, -0.2) is 8.42 Å². The Kier molecular flexibility index (Phi) is 6.22. The summed E-state index contributed by atoms with van der Waals surface area (Å²) in [6, 6.07) is 9.88. The standard InChI is InChI=1S/C16H18ClN3O4S/c1-24-15-7-6-12(17)9-14(15)20(25(2,22)23)11-16(21)19-10-13-5-3-4-8-18-13/h3-9H,10-11H2,1-2H3,(H,19,21). The zero-order chi connectivity index (χ0) is 18.4. The molecule has 1 amide bonds. The van der Waals surface area contributed by atoms with E-state index in [1.807, 2.05) is 0 Å². The van der Waals surface area contributed by atoms with Crippen molar-refractivity contribution >= 4 is 33.2 Å². The first-order valence-corrected chi connectivity index (χ1v) is 9.51. The lowest BCUT2D eigenvalue weighted by Crippen LogP contribution is -2.40. The Balaban J connectivity index is 2.19. The Morgan fingerprint density at radius 1 is 1.32 bits per heavy atom. The average molecular weight is 384 g/mol. The zero-order valence-corrected chi connectivity index (χ0v) is 15.3. The number of pyridine rings is 1. The second kappa shape index (κ2) is 8.17. The molecule has 0 aliphatic heterocycles. The summed E-state index contributed by atoms with van der Waals surface area (Å²) in [4.78, 5) is 16.3. The van der Waals surface area contributed by atoms with Crippen LogP contribution in [0.25, 0.3) is 0 Å². The first kappa shape index (κ1) is 19.0. The first-order valence-electron chi connectivity index (χ1n) is 7.29. The van der Waals surface area contributed by atoms with Crippen LogP contribution in [-0.2, 0) is 21.4 Å². The van der Waals surface area contributed by atoms with Gasteiger partial charge in [0.1, 0.15) is 12.3 Å². The van der Waals surface area contributed by atoms with Crippen LogP contribution in [0.15, 0.2) is 42.6 Å². The largest absolute Gasteiger partial charge is 0.495 e. The van der Waals surface area contributed by atoms with E-state index in [2.05, 4.69) is 10.3 Å². The number of amides is 1. The molecule has 0 fully saturated rings. The number of hydrogen-bond donors (Lipinski definition) is 1. The summed E-state index contributed by atoms with van der Waals surface area (Å²) in [6.07, 6.45) is 2.63. The number of anilines is 1. The molecule has 0 saturated heterocycles. The number of carbonyl (C=O) groups is 1. The average Bonchev–Trinajstić information content (AvgIpc) is 2.57. The minimum atomic E-state index is -3.73. The van der Waals surface area contributed by atoms with Crippen LogP contribution < -0.4 is 14.4 Å². The van der Waals surface area contributed by atoms with Gasteiger partial charge in [-0.1, -0.05) is 17.7 Å². The van der Waals surface area contributed by atoms with Crippen molar-refractivity contribution in [3.63, 3.8) is 0 Å². The van der Waals surface area contributed by atoms with Gasteiger partial charge in [0.2, 0.25) is 15.9 Å². The van der Waals surface area contributed by atoms with Crippen LogP contribution in [0.3, 0.4) is 0 Å². The number of ether oxygens (including phenoxy) is 1. The second-order valence-corrected chi connectivity index (χ2v) is 7.53. The maximum absolute atomic E-state index is 12.2. The van der Waals surface area contributed by atoms with E-state index in [-0.39, 0.29) is 12.2 Å². The first-order chi connectivity index (χ1) is 11.8. The number of carbonyl (C=O) groups excluding carboxylic acids is 1. The molecule has 9 heteroatoms. The van der Waals surface area contributed by atoms with E-state index >= 15 is 0 Å². The number of nitrogens with zero attached hydrogens (tertiary/aromatic N) is 2. The lowest BCUT2D eigenvalue weighted by molar-refractivity contribution is -0.119. The quantitative estimate of drug-likeness (QED) is 0.787.